The molecule has 2 aliphatic heterocycles. The lowest BCUT2D eigenvalue weighted by Crippen LogP contribution is -2.45. The number of hydrogen-bond acceptors (Lipinski definition) is 6. The summed E-state index contributed by atoms with van der Waals surface area (Å²) in [7, 11) is 0. The zero-order valence-corrected chi connectivity index (χ0v) is 19.4. The number of fused-ring (bicyclic) bond motifs is 4. The summed E-state index contributed by atoms with van der Waals surface area (Å²) in [5.74, 6) is 0.805. The van der Waals surface area contributed by atoms with Crippen molar-refractivity contribution in [2.24, 2.45) is 5.92 Å². The lowest BCUT2D eigenvalue weighted by atomic mass is 9.84. The maximum absolute atomic E-state index is 13.5. The van der Waals surface area contributed by atoms with E-state index < -0.39 is 5.97 Å². The van der Waals surface area contributed by atoms with Crippen molar-refractivity contribution in [3.8, 4) is 17.1 Å². The van der Waals surface area contributed by atoms with Crippen LogP contribution in [-0.2, 0) is 17.9 Å². The molecule has 0 radical (unpaired) electrons. The van der Waals surface area contributed by atoms with E-state index in [1.807, 2.05) is 39.6 Å². The van der Waals surface area contributed by atoms with Gasteiger partial charge in [-0.05, 0) is 42.6 Å². The number of aromatic nitrogens is 6. The summed E-state index contributed by atoms with van der Waals surface area (Å²) in [6.07, 6.45) is 8.07. The van der Waals surface area contributed by atoms with Crippen LogP contribution in [0.5, 0.6) is 0 Å². The number of para-hydroxylation sites is 1. The SMILES string of the molecule is CC(=O)O.O=c1c(-c2nccn2Cc2ccccc2-n2cncn2)ccc2n1C[C@@H]1CNC[C@H]2C1. The van der Waals surface area contributed by atoms with E-state index in [9.17, 15) is 4.79 Å². The van der Waals surface area contributed by atoms with Crippen LogP contribution in [0, 0.1) is 5.92 Å². The number of carboxylic acids is 1. The summed E-state index contributed by atoms with van der Waals surface area (Å²) in [5, 5.41) is 15.2. The number of nitrogens with one attached hydrogen (secondary N) is 1. The zero-order chi connectivity index (χ0) is 24.4. The third kappa shape index (κ3) is 4.65. The zero-order valence-electron chi connectivity index (χ0n) is 19.4. The lowest BCUT2D eigenvalue weighted by molar-refractivity contribution is -0.134. The van der Waals surface area contributed by atoms with Crippen molar-refractivity contribution in [3.05, 3.63) is 83.1 Å². The van der Waals surface area contributed by atoms with Crippen LogP contribution < -0.4 is 10.9 Å². The molecule has 3 aromatic heterocycles. The second kappa shape index (κ2) is 9.67. The van der Waals surface area contributed by atoms with Gasteiger partial charge in [0.1, 0.15) is 18.5 Å². The predicted octanol–water partition coefficient (Wildman–Crippen LogP) is 2.14. The normalized spacial score (nSPS) is 18.3. The van der Waals surface area contributed by atoms with Crippen molar-refractivity contribution in [2.75, 3.05) is 13.1 Å². The first-order chi connectivity index (χ1) is 17.0. The number of benzene rings is 1. The van der Waals surface area contributed by atoms with Crippen molar-refractivity contribution >= 4 is 5.97 Å². The third-order valence-electron chi connectivity index (χ3n) is 6.46. The standard InChI is InChI=1S/C23H23N7O.C2H4O2/c31-23-19(5-6-20-18-9-16(10-24-11-18)12-29(20)23)22-26-7-8-28(22)13-17-3-1-2-4-21(17)30-15-25-14-27-30;1-2(3)4/h1-8,14-16,18,24H,9-13H2;1H3,(H,3,4)/t16-,18+;/m0./s1. The Bertz CT molecular complexity index is 1390. The molecule has 6 rings (SSSR count). The van der Waals surface area contributed by atoms with E-state index in [0.29, 0.717) is 29.8 Å². The molecule has 1 aromatic carbocycles. The molecule has 10 nitrogen and oxygen atoms in total. The van der Waals surface area contributed by atoms with Crippen LogP contribution >= 0.6 is 0 Å². The Morgan fingerprint density at radius 3 is 2.83 bits per heavy atom. The molecule has 0 saturated carbocycles. The number of pyridine rings is 1. The molecule has 0 unspecified atom stereocenters. The van der Waals surface area contributed by atoms with E-state index in [1.54, 1.807) is 17.2 Å². The number of hydrogen-bond donors (Lipinski definition) is 2. The minimum absolute atomic E-state index is 0.0612. The lowest BCUT2D eigenvalue weighted by Gasteiger charge is -2.37. The minimum Gasteiger partial charge on any atom is -0.481 e. The third-order valence-corrected chi connectivity index (χ3v) is 6.46. The van der Waals surface area contributed by atoms with Gasteiger partial charge in [0.25, 0.3) is 11.5 Å². The molecule has 1 fully saturated rings. The average molecular weight is 474 g/mol. The molecule has 2 N–H and O–H groups in total. The van der Waals surface area contributed by atoms with E-state index >= 15 is 0 Å². The fourth-order valence-electron chi connectivity index (χ4n) is 5.03. The fourth-order valence-corrected chi connectivity index (χ4v) is 5.03. The van der Waals surface area contributed by atoms with Crippen LogP contribution in [-0.4, -0.2) is 53.0 Å². The number of nitrogens with zero attached hydrogens (tertiary/aromatic N) is 6. The highest BCUT2D eigenvalue weighted by Crippen LogP contribution is 2.32. The summed E-state index contributed by atoms with van der Waals surface area (Å²) in [5.41, 5.74) is 3.89. The molecule has 2 aliphatic rings. The molecular formula is C25H27N7O3. The molecule has 180 valence electrons. The van der Waals surface area contributed by atoms with Gasteiger partial charge in [0.05, 0.1) is 17.8 Å². The Hall–Kier alpha value is -4.05. The maximum Gasteiger partial charge on any atom is 0.300 e. The van der Waals surface area contributed by atoms with Crippen molar-refractivity contribution < 1.29 is 9.90 Å². The van der Waals surface area contributed by atoms with Gasteiger partial charge in [0, 0.05) is 44.0 Å². The first-order valence-corrected chi connectivity index (χ1v) is 11.6. The van der Waals surface area contributed by atoms with E-state index in [1.165, 1.54) is 12.7 Å². The van der Waals surface area contributed by atoms with Crippen LogP contribution in [0.15, 0.2) is 66.2 Å². The number of carbonyl (C=O) groups is 1. The molecular weight excluding hydrogens is 446 g/mol. The number of piperidine rings is 1. The van der Waals surface area contributed by atoms with E-state index in [4.69, 9.17) is 9.90 Å². The van der Waals surface area contributed by atoms with Crippen LogP contribution in [0.4, 0.5) is 0 Å². The average Bonchev–Trinajstić information content (AvgIpc) is 3.53. The van der Waals surface area contributed by atoms with E-state index in [2.05, 4.69) is 32.5 Å². The highest BCUT2D eigenvalue weighted by molar-refractivity contribution is 5.63. The van der Waals surface area contributed by atoms with Gasteiger partial charge in [-0.25, -0.2) is 14.6 Å². The monoisotopic (exact) mass is 473 g/mol. The Labute approximate surface area is 201 Å². The Morgan fingerprint density at radius 1 is 1.20 bits per heavy atom. The molecule has 35 heavy (non-hydrogen) atoms. The van der Waals surface area contributed by atoms with Crippen molar-refractivity contribution in [2.45, 2.75) is 32.4 Å². The molecule has 10 heteroatoms. The number of imidazole rings is 1. The van der Waals surface area contributed by atoms with E-state index in [0.717, 1.165) is 43.5 Å². The van der Waals surface area contributed by atoms with Gasteiger partial charge in [-0.3, -0.25) is 9.59 Å². The molecule has 5 heterocycles. The quantitative estimate of drug-likeness (QED) is 0.466. The second-order valence-corrected chi connectivity index (χ2v) is 8.91. The number of carboxylic acid groups (broad SMARTS) is 1. The Balaban J connectivity index is 0.000000591. The summed E-state index contributed by atoms with van der Waals surface area (Å²) < 4.78 is 5.77. The molecule has 1 saturated heterocycles. The van der Waals surface area contributed by atoms with Crippen molar-refractivity contribution in [1.29, 1.82) is 0 Å². The first-order valence-electron chi connectivity index (χ1n) is 11.6. The molecule has 2 atom stereocenters. The van der Waals surface area contributed by atoms with Gasteiger partial charge >= 0.3 is 0 Å². The predicted molar refractivity (Wildman–Crippen MR) is 129 cm³/mol. The summed E-state index contributed by atoms with van der Waals surface area (Å²) in [6, 6.07) is 12.1. The smallest absolute Gasteiger partial charge is 0.300 e. The van der Waals surface area contributed by atoms with Gasteiger partial charge in [0.15, 0.2) is 0 Å². The topological polar surface area (TPSA) is 120 Å². The first kappa shape index (κ1) is 22.7. The van der Waals surface area contributed by atoms with Gasteiger partial charge < -0.3 is 19.6 Å². The Kier molecular flexibility index (Phi) is 6.28. The summed E-state index contributed by atoms with van der Waals surface area (Å²) in [6.45, 7) is 4.38. The van der Waals surface area contributed by atoms with Gasteiger partial charge in [-0.2, -0.15) is 5.10 Å². The minimum atomic E-state index is -0.833. The van der Waals surface area contributed by atoms with Crippen LogP contribution in [0.1, 0.15) is 30.5 Å². The number of rotatable bonds is 4. The fraction of sp³-hybridized carbons (Fsp3) is 0.320. The summed E-state index contributed by atoms with van der Waals surface area (Å²) >= 11 is 0. The molecule has 0 aliphatic carbocycles. The molecule has 2 bridgehead atoms. The Morgan fingerprint density at radius 2 is 2.03 bits per heavy atom. The van der Waals surface area contributed by atoms with E-state index in [-0.39, 0.29) is 5.56 Å². The summed E-state index contributed by atoms with van der Waals surface area (Å²) in [4.78, 5) is 31.1. The largest absolute Gasteiger partial charge is 0.481 e. The maximum atomic E-state index is 13.5. The van der Waals surface area contributed by atoms with Crippen LogP contribution in [0.2, 0.25) is 0 Å². The van der Waals surface area contributed by atoms with Gasteiger partial charge in [0.2, 0.25) is 0 Å². The van der Waals surface area contributed by atoms with Gasteiger partial charge in [-0.15, -0.1) is 0 Å². The molecule has 0 spiro atoms. The second-order valence-electron chi connectivity index (χ2n) is 8.91. The van der Waals surface area contributed by atoms with Crippen LogP contribution in [0.3, 0.4) is 0 Å². The van der Waals surface area contributed by atoms with Crippen molar-refractivity contribution in [3.63, 3.8) is 0 Å². The van der Waals surface area contributed by atoms with Gasteiger partial charge in [-0.1, -0.05) is 18.2 Å². The molecule has 4 aromatic rings. The highest BCUT2D eigenvalue weighted by Gasteiger charge is 2.31. The van der Waals surface area contributed by atoms with Crippen molar-refractivity contribution in [1.82, 2.24) is 34.2 Å². The molecule has 0 amide bonds. The highest BCUT2D eigenvalue weighted by atomic mass is 16.4. The number of aliphatic carboxylic acids is 1. The van der Waals surface area contributed by atoms with Crippen LogP contribution in [0.25, 0.3) is 17.1 Å².